The van der Waals surface area contributed by atoms with Crippen molar-refractivity contribution in [3.05, 3.63) is 28.2 Å². The molecule has 1 fully saturated rings. The Balaban J connectivity index is 2.03. The van der Waals surface area contributed by atoms with E-state index in [9.17, 15) is 5.11 Å². The van der Waals surface area contributed by atoms with Gasteiger partial charge in [0.05, 0.1) is 0 Å². The number of hydrogen-bond acceptors (Lipinski definition) is 3. The Bertz CT molecular complexity index is 411. The van der Waals surface area contributed by atoms with Crippen molar-refractivity contribution in [1.29, 1.82) is 0 Å². The fourth-order valence-corrected chi connectivity index (χ4v) is 2.92. The third-order valence-electron chi connectivity index (χ3n) is 3.77. The van der Waals surface area contributed by atoms with E-state index in [0.29, 0.717) is 11.8 Å². The van der Waals surface area contributed by atoms with Crippen LogP contribution in [0.2, 0.25) is 0 Å². The van der Waals surface area contributed by atoms with Gasteiger partial charge in [0.1, 0.15) is 5.75 Å². The molecule has 3 nitrogen and oxygen atoms in total. The van der Waals surface area contributed by atoms with Gasteiger partial charge in [0.2, 0.25) is 0 Å². The minimum absolute atomic E-state index is 0.394. The fraction of sp³-hybridized carbons (Fsp3) is 0.571. The van der Waals surface area contributed by atoms with Crippen molar-refractivity contribution in [2.45, 2.75) is 25.9 Å². The van der Waals surface area contributed by atoms with Gasteiger partial charge in [0.15, 0.2) is 0 Å². The molecule has 100 valence electrons. The largest absolute Gasteiger partial charge is 0.508 e. The van der Waals surface area contributed by atoms with Gasteiger partial charge in [-0.3, -0.25) is 4.90 Å². The Morgan fingerprint density at radius 1 is 1.39 bits per heavy atom. The molecule has 1 aromatic rings. The van der Waals surface area contributed by atoms with E-state index in [1.54, 1.807) is 6.07 Å². The molecule has 18 heavy (non-hydrogen) atoms. The molecule has 0 aliphatic carbocycles. The van der Waals surface area contributed by atoms with E-state index in [2.05, 4.69) is 39.7 Å². The van der Waals surface area contributed by atoms with Crippen LogP contribution in [0.1, 0.15) is 18.9 Å². The summed E-state index contributed by atoms with van der Waals surface area (Å²) in [6.07, 6.45) is 1.18. The number of nitrogens with zero attached hydrogens (tertiary/aromatic N) is 2. The second-order valence-electron chi connectivity index (χ2n) is 5.05. The molecule has 0 radical (unpaired) electrons. The Morgan fingerprint density at radius 2 is 2.17 bits per heavy atom. The predicted molar refractivity (Wildman–Crippen MR) is 77.8 cm³/mol. The topological polar surface area (TPSA) is 26.7 Å². The van der Waals surface area contributed by atoms with E-state index < -0.39 is 0 Å². The first-order valence-electron chi connectivity index (χ1n) is 6.50. The molecule has 2 rings (SSSR count). The Morgan fingerprint density at radius 3 is 2.89 bits per heavy atom. The molecule has 4 heteroatoms. The average Bonchev–Trinajstić information content (AvgIpc) is 2.36. The van der Waals surface area contributed by atoms with Gasteiger partial charge in [-0.25, -0.2) is 0 Å². The monoisotopic (exact) mass is 312 g/mol. The van der Waals surface area contributed by atoms with E-state index in [4.69, 9.17) is 0 Å². The van der Waals surface area contributed by atoms with Gasteiger partial charge in [0.25, 0.3) is 0 Å². The molecule has 1 saturated heterocycles. The lowest BCUT2D eigenvalue weighted by molar-refractivity contribution is 0.0878. The zero-order valence-corrected chi connectivity index (χ0v) is 12.7. The smallest absolute Gasteiger partial charge is 0.120 e. The third-order valence-corrected chi connectivity index (χ3v) is 4.26. The highest BCUT2D eigenvalue weighted by atomic mass is 79.9. The lowest BCUT2D eigenvalue weighted by Gasteiger charge is -2.39. The predicted octanol–water partition coefficient (Wildman–Crippen LogP) is 2.68. The highest BCUT2D eigenvalue weighted by Crippen LogP contribution is 2.24. The molecule has 1 aliphatic rings. The summed E-state index contributed by atoms with van der Waals surface area (Å²) >= 11 is 3.46. The van der Waals surface area contributed by atoms with E-state index >= 15 is 0 Å². The maximum atomic E-state index is 9.88. The first-order valence-corrected chi connectivity index (χ1v) is 7.29. The van der Waals surface area contributed by atoms with Crippen molar-refractivity contribution < 1.29 is 5.11 Å². The SMILES string of the molecule is CCC1CN(Cc2cc(Br)ccc2O)CCN1C. The van der Waals surface area contributed by atoms with Crippen molar-refractivity contribution in [1.82, 2.24) is 9.80 Å². The molecule has 1 atom stereocenters. The molecule has 0 aromatic heterocycles. The van der Waals surface area contributed by atoms with Crippen LogP contribution in [-0.4, -0.2) is 47.6 Å². The lowest BCUT2D eigenvalue weighted by atomic mass is 10.1. The summed E-state index contributed by atoms with van der Waals surface area (Å²) in [6.45, 7) is 6.32. The number of benzene rings is 1. The van der Waals surface area contributed by atoms with Gasteiger partial charge in [-0.2, -0.15) is 0 Å². The quantitative estimate of drug-likeness (QED) is 0.929. The molecule has 1 aliphatic heterocycles. The number of phenolic OH excluding ortho intramolecular Hbond substituents is 1. The highest BCUT2D eigenvalue weighted by molar-refractivity contribution is 9.10. The normalized spacial score (nSPS) is 22.3. The minimum atomic E-state index is 0.394. The zero-order chi connectivity index (χ0) is 13.1. The van der Waals surface area contributed by atoms with Crippen LogP contribution in [0.3, 0.4) is 0 Å². The van der Waals surface area contributed by atoms with Crippen molar-refractivity contribution >= 4 is 15.9 Å². The molecule has 0 amide bonds. The third kappa shape index (κ3) is 3.25. The maximum Gasteiger partial charge on any atom is 0.120 e. The van der Waals surface area contributed by atoms with E-state index in [1.165, 1.54) is 6.42 Å². The van der Waals surface area contributed by atoms with Crippen LogP contribution in [0.4, 0.5) is 0 Å². The van der Waals surface area contributed by atoms with Crippen molar-refractivity contribution in [3.8, 4) is 5.75 Å². The first-order chi connectivity index (χ1) is 8.60. The number of halogens is 1. The summed E-state index contributed by atoms with van der Waals surface area (Å²) in [6, 6.07) is 6.27. The lowest BCUT2D eigenvalue weighted by Crippen LogP contribution is -2.50. The maximum absolute atomic E-state index is 9.88. The molecule has 1 N–H and O–H groups in total. The molecule has 1 unspecified atom stereocenters. The Hall–Kier alpha value is -0.580. The molecule has 1 heterocycles. The van der Waals surface area contributed by atoms with Crippen LogP contribution in [0.25, 0.3) is 0 Å². The molecular weight excluding hydrogens is 292 g/mol. The first kappa shape index (κ1) is 13.8. The fourth-order valence-electron chi connectivity index (χ4n) is 2.52. The van der Waals surface area contributed by atoms with Gasteiger partial charge < -0.3 is 10.0 Å². The number of hydrogen-bond donors (Lipinski definition) is 1. The Kier molecular flexibility index (Phi) is 4.65. The van der Waals surface area contributed by atoms with Crippen LogP contribution >= 0.6 is 15.9 Å². The number of rotatable bonds is 3. The minimum Gasteiger partial charge on any atom is -0.508 e. The number of piperazine rings is 1. The summed E-state index contributed by atoms with van der Waals surface area (Å²) in [5.74, 6) is 0.394. The van der Waals surface area contributed by atoms with Gasteiger partial charge in [-0.15, -0.1) is 0 Å². The van der Waals surface area contributed by atoms with E-state index in [0.717, 1.165) is 36.2 Å². The Labute approximate surface area is 118 Å². The molecular formula is C14H21BrN2O. The van der Waals surface area contributed by atoms with Crippen LogP contribution in [-0.2, 0) is 6.54 Å². The van der Waals surface area contributed by atoms with Gasteiger partial charge in [-0.1, -0.05) is 22.9 Å². The van der Waals surface area contributed by atoms with Crippen LogP contribution < -0.4 is 0 Å². The second-order valence-corrected chi connectivity index (χ2v) is 5.97. The van der Waals surface area contributed by atoms with Crippen molar-refractivity contribution in [3.63, 3.8) is 0 Å². The molecule has 0 saturated carbocycles. The number of aromatic hydroxyl groups is 1. The summed E-state index contributed by atoms with van der Waals surface area (Å²) in [7, 11) is 2.20. The summed E-state index contributed by atoms with van der Waals surface area (Å²) in [5, 5.41) is 9.88. The van der Waals surface area contributed by atoms with Crippen LogP contribution in [0.5, 0.6) is 5.75 Å². The van der Waals surface area contributed by atoms with E-state index in [1.807, 2.05) is 12.1 Å². The summed E-state index contributed by atoms with van der Waals surface area (Å²) in [5.41, 5.74) is 1.00. The number of phenols is 1. The van der Waals surface area contributed by atoms with Crippen molar-refractivity contribution in [2.24, 2.45) is 0 Å². The van der Waals surface area contributed by atoms with Crippen LogP contribution in [0, 0.1) is 0 Å². The number of likely N-dealkylation sites (N-methyl/N-ethyl adjacent to an activating group) is 1. The zero-order valence-electron chi connectivity index (χ0n) is 11.1. The van der Waals surface area contributed by atoms with Crippen LogP contribution in [0.15, 0.2) is 22.7 Å². The molecule has 0 spiro atoms. The van der Waals surface area contributed by atoms with Gasteiger partial charge in [-0.05, 0) is 31.7 Å². The average molecular weight is 313 g/mol. The van der Waals surface area contributed by atoms with Crippen molar-refractivity contribution in [2.75, 3.05) is 26.7 Å². The summed E-state index contributed by atoms with van der Waals surface area (Å²) in [4.78, 5) is 4.85. The standard InChI is InChI=1S/C14H21BrN2O/c1-3-13-10-17(7-6-16(13)2)9-11-8-12(15)4-5-14(11)18/h4-5,8,13,18H,3,6-7,9-10H2,1-2H3. The van der Waals surface area contributed by atoms with Gasteiger partial charge >= 0.3 is 0 Å². The second kappa shape index (κ2) is 6.04. The molecule has 0 bridgehead atoms. The molecule has 1 aromatic carbocycles. The van der Waals surface area contributed by atoms with E-state index in [-0.39, 0.29) is 0 Å². The summed E-state index contributed by atoms with van der Waals surface area (Å²) < 4.78 is 1.02. The van der Waals surface area contributed by atoms with Gasteiger partial charge in [0, 0.05) is 42.3 Å². The highest BCUT2D eigenvalue weighted by Gasteiger charge is 2.23.